The molecule has 0 bridgehead atoms. The second-order valence-electron chi connectivity index (χ2n) is 6.64. The predicted molar refractivity (Wildman–Crippen MR) is 98.4 cm³/mol. The van der Waals surface area contributed by atoms with Crippen LogP contribution in [-0.4, -0.2) is 11.5 Å². The molecule has 1 aromatic heterocycles. The van der Waals surface area contributed by atoms with E-state index in [-0.39, 0.29) is 5.54 Å². The molecule has 0 saturated carbocycles. The summed E-state index contributed by atoms with van der Waals surface area (Å²) in [6.45, 7) is 11.4. The number of nitrogens with two attached hydrogens (primary N) is 1. The zero-order valence-electron chi connectivity index (χ0n) is 14.2. The molecule has 1 aliphatic heterocycles. The van der Waals surface area contributed by atoms with Crippen LogP contribution < -0.4 is 11.1 Å². The largest absolute Gasteiger partial charge is 0.385 e. The number of thiazole rings is 1. The van der Waals surface area contributed by atoms with Gasteiger partial charge in [0.15, 0.2) is 0 Å². The molecule has 0 amide bonds. The summed E-state index contributed by atoms with van der Waals surface area (Å²) >= 11 is 1.74. The van der Waals surface area contributed by atoms with Crippen molar-refractivity contribution in [3.63, 3.8) is 0 Å². The molecule has 2 aliphatic rings. The zero-order valence-corrected chi connectivity index (χ0v) is 15.0. The van der Waals surface area contributed by atoms with Gasteiger partial charge in [0.05, 0.1) is 11.2 Å². The minimum Gasteiger partial charge on any atom is -0.385 e. The lowest BCUT2D eigenvalue weighted by Crippen LogP contribution is -2.41. The summed E-state index contributed by atoms with van der Waals surface area (Å²) in [7, 11) is 0. The van der Waals surface area contributed by atoms with Crippen molar-refractivity contribution in [1.29, 1.82) is 0 Å². The van der Waals surface area contributed by atoms with Crippen LogP contribution >= 0.6 is 11.3 Å². The zero-order chi connectivity index (χ0) is 16.6. The van der Waals surface area contributed by atoms with E-state index in [0.29, 0.717) is 0 Å². The first-order valence-corrected chi connectivity index (χ1v) is 8.94. The quantitative estimate of drug-likeness (QED) is 0.819. The van der Waals surface area contributed by atoms with Crippen molar-refractivity contribution in [3.05, 3.63) is 62.8 Å². The Morgan fingerprint density at radius 3 is 2.78 bits per heavy atom. The number of nitrogens with zero attached hydrogens (tertiary/aromatic N) is 1. The summed E-state index contributed by atoms with van der Waals surface area (Å²) in [5, 5.41) is 4.62. The van der Waals surface area contributed by atoms with Crippen LogP contribution in [0.3, 0.4) is 0 Å². The van der Waals surface area contributed by atoms with Crippen LogP contribution in [0.1, 0.15) is 41.8 Å². The molecule has 0 fully saturated rings. The molecule has 3 rings (SSSR count). The highest BCUT2D eigenvalue weighted by Crippen LogP contribution is 2.41. The van der Waals surface area contributed by atoms with Crippen LogP contribution in [0.4, 0.5) is 0 Å². The molecule has 0 aromatic carbocycles. The Kier molecular flexibility index (Phi) is 4.30. The predicted octanol–water partition coefficient (Wildman–Crippen LogP) is 4.01. The van der Waals surface area contributed by atoms with Crippen molar-refractivity contribution < 1.29 is 0 Å². The highest BCUT2D eigenvalue weighted by atomic mass is 32.1. The average Bonchev–Trinajstić information content (AvgIpc) is 2.88. The normalized spacial score (nSPS) is 28.9. The first-order chi connectivity index (χ1) is 10.9. The monoisotopic (exact) mass is 327 g/mol. The van der Waals surface area contributed by atoms with Gasteiger partial charge in [-0.15, -0.1) is 11.3 Å². The molecule has 0 saturated heterocycles. The van der Waals surface area contributed by atoms with E-state index in [1.165, 1.54) is 21.7 Å². The lowest BCUT2D eigenvalue weighted by atomic mass is 9.78. The van der Waals surface area contributed by atoms with Gasteiger partial charge >= 0.3 is 0 Å². The van der Waals surface area contributed by atoms with Gasteiger partial charge in [-0.3, -0.25) is 0 Å². The van der Waals surface area contributed by atoms with E-state index in [4.69, 9.17) is 10.7 Å². The van der Waals surface area contributed by atoms with Gasteiger partial charge in [-0.1, -0.05) is 30.4 Å². The number of aryl methyl sites for hydroxylation is 2. The Bertz CT molecular complexity index is 716. The highest BCUT2D eigenvalue weighted by molar-refractivity contribution is 7.11. The summed E-state index contributed by atoms with van der Waals surface area (Å²) in [4.78, 5) is 5.99. The number of hydrogen-bond acceptors (Lipinski definition) is 4. The average molecular weight is 327 g/mol. The van der Waals surface area contributed by atoms with Crippen molar-refractivity contribution >= 4 is 11.3 Å². The minimum atomic E-state index is -0.377. The van der Waals surface area contributed by atoms with Gasteiger partial charge in [-0.2, -0.15) is 0 Å². The topological polar surface area (TPSA) is 50.9 Å². The van der Waals surface area contributed by atoms with Gasteiger partial charge in [0.1, 0.15) is 5.01 Å². The van der Waals surface area contributed by atoms with Crippen molar-refractivity contribution in [1.82, 2.24) is 10.3 Å². The van der Waals surface area contributed by atoms with Gasteiger partial charge in [-0.25, -0.2) is 4.98 Å². The Morgan fingerprint density at radius 2 is 2.09 bits per heavy atom. The third-order valence-electron chi connectivity index (χ3n) is 4.81. The minimum absolute atomic E-state index is 0.377. The van der Waals surface area contributed by atoms with Crippen molar-refractivity contribution in [2.45, 2.75) is 45.6 Å². The van der Waals surface area contributed by atoms with Crippen LogP contribution in [0.5, 0.6) is 0 Å². The van der Waals surface area contributed by atoms with Gasteiger partial charge < -0.3 is 11.1 Å². The van der Waals surface area contributed by atoms with E-state index in [0.717, 1.165) is 42.1 Å². The van der Waals surface area contributed by atoms with Crippen molar-refractivity contribution in [2.24, 2.45) is 5.73 Å². The molecule has 0 spiro atoms. The Labute approximate surface area is 142 Å². The van der Waals surface area contributed by atoms with Gasteiger partial charge in [0, 0.05) is 17.1 Å². The first-order valence-electron chi connectivity index (χ1n) is 8.12. The van der Waals surface area contributed by atoms with Crippen LogP contribution in [0.2, 0.25) is 0 Å². The number of hydrogen-bond donors (Lipinski definition) is 2. The maximum atomic E-state index is 6.80. The molecule has 0 unspecified atom stereocenters. The van der Waals surface area contributed by atoms with E-state index in [1.807, 2.05) is 0 Å². The third kappa shape index (κ3) is 3.19. The molecule has 4 heteroatoms. The fourth-order valence-electron chi connectivity index (χ4n) is 3.12. The van der Waals surface area contributed by atoms with Gasteiger partial charge in [0.25, 0.3) is 0 Å². The van der Waals surface area contributed by atoms with E-state index >= 15 is 0 Å². The summed E-state index contributed by atoms with van der Waals surface area (Å²) in [5.74, 6) is 0. The molecule has 3 nitrogen and oxygen atoms in total. The third-order valence-corrected chi connectivity index (χ3v) is 6.10. The Morgan fingerprint density at radius 1 is 1.30 bits per heavy atom. The SMILES string of the molecule is C=C1/C=C\C(C)=C/CNC2=C1C[C@@](N)(c1nc(C)c(C)s1)CC2. The maximum absolute atomic E-state index is 6.80. The summed E-state index contributed by atoms with van der Waals surface area (Å²) in [5.41, 5.74) is 12.4. The van der Waals surface area contributed by atoms with E-state index in [2.05, 4.69) is 50.9 Å². The molecule has 1 aromatic rings. The summed E-state index contributed by atoms with van der Waals surface area (Å²) in [6.07, 6.45) is 9.11. The van der Waals surface area contributed by atoms with Gasteiger partial charge in [-0.05, 0) is 51.2 Å². The summed E-state index contributed by atoms with van der Waals surface area (Å²) < 4.78 is 0. The number of allylic oxidation sites excluding steroid dienone is 5. The number of aromatic nitrogens is 1. The van der Waals surface area contributed by atoms with Crippen molar-refractivity contribution in [2.75, 3.05) is 6.54 Å². The molecular formula is C19H25N3S. The van der Waals surface area contributed by atoms with Crippen LogP contribution in [0.15, 0.2) is 47.2 Å². The van der Waals surface area contributed by atoms with Gasteiger partial charge in [0.2, 0.25) is 0 Å². The maximum Gasteiger partial charge on any atom is 0.113 e. The van der Waals surface area contributed by atoms with Crippen LogP contribution in [-0.2, 0) is 5.54 Å². The smallest absolute Gasteiger partial charge is 0.113 e. The highest BCUT2D eigenvalue weighted by Gasteiger charge is 2.36. The van der Waals surface area contributed by atoms with E-state index < -0.39 is 0 Å². The fraction of sp³-hybridized carbons (Fsp3) is 0.421. The Hall–Kier alpha value is -1.65. The molecule has 2 heterocycles. The molecule has 23 heavy (non-hydrogen) atoms. The number of nitrogens with one attached hydrogen (secondary N) is 1. The number of rotatable bonds is 1. The van der Waals surface area contributed by atoms with E-state index in [1.54, 1.807) is 11.3 Å². The molecule has 1 aliphatic carbocycles. The summed E-state index contributed by atoms with van der Waals surface area (Å²) in [6, 6.07) is 0. The standard InChI is InChI=1S/C19H25N3S/c1-12-5-6-13(2)16-11-19(20,9-7-17(16)21-10-8-12)18-22-14(3)15(4)23-18/h5-6,8,21H,2,7,9-11,20H2,1,3-4H3/b6-5-,12-8-/t19-/m1/s1. The van der Waals surface area contributed by atoms with Crippen LogP contribution in [0.25, 0.3) is 0 Å². The molecule has 1 atom stereocenters. The second kappa shape index (κ2) is 6.10. The lowest BCUT2D eigenvalue weighted by molar-refractivity contribution is 0.376. The molecule has 3 N–H and O–H groups in total. The van der Waals surface area contributed by atoms with Crippen LogP contribution in [0, 0.1) is 13.8 Å². The molecular weight excluding hydrogens is 302 g/mol. The molecule has 122 valence electrons. The Balaban J connectivity index is 1.95. The van der Waals surface area contributed by atoms with Crippen molar-refractivity contribution in [3.8, 4) is 0 Å². The first kappa shape index (κ1) is 16.2. The lowest BCUT2D eigenvalue weighted by Gasteiger charge is -2.35. The second-order valence-corrected chi connectivity index (χ2v) is 7.84. The molecule has 0 radical (unpaired) electrons. The fourth-order valence-corrected chi connectivity index (χ4v) is 4.16. The van der Waals surface area contributed by atoms with E-state index in [9.17, 15) is 0 Å².